The number of nitrogens with zero attached hydrogens (tertiary/aromatic N) is 4. The first-order valence-corrected chi connectivity index (χ1v) is 12.0. The predicted molar refractivity (Wildman–Crippen MR) is 134 cm³/mol. The van der Waals surface area contributed by atoms with E-state index < -0.39 is 0 Å². The number of rotatable bonds is 9. The normalized spacial score (nSPS) is 18.5. The molecule has 0 bridgehead atoms. The highest BCUT2D eigenvalue weighted by Gasteiger charge is 2.33. The average molecular weight is 466 g/mol. The maximum Gasteiger partial charge on any atom is 0.271 e. The van der Waals surface area contributed by atoms with E-state index in [1.165, 1.54) is 12.8 Å². The van der Waals surface area contributed by atoms with Gasteiger partial charge in [-0.2, -0.15) is 0 Å². The van der Waals surface area contributed by atoms with Gasteiger partial charge in [-0.05, 0) is 63.4 Å². The summed E-state index contributed by atoms with van der Waals surface area (Å²) >= 11 is 0. The molecule has 182 valence electrons. The van der Waals surface area contributed by atoms with Crippen LogP contribution in [0.4, 0.5) is 5.69 Å². The van der Waals surface area contributed by atoms with Crippen molar-refractivity contribution in [2.24, 2.45) is 5.92 Å². The summed E-state index contributed by atoms with van der Waals surface area (Å²) < 4.78 is 5.27. The number of hydrogen-bond acceptors (Lipinski definition) is 6. The fourth-order valence-corrected chi connectivity index (χ4v) is 4.45. The van der Waals surface area contributed by atoms with E-state index in [9.17, 15) is 9.59 Å². The molecule has 1 saturated carbocycles. The lowest BCUT2D eigenvalue weighted by Crippen LogP contribution is -2.51. The number of piperidine rings is 1. The monoisotopic (exact) mass is 465 g/mol. The van der Waals surface area contributed by atoms with E-state index in [1.54, 1.807) is 25.6 Å². The van der Waals surface area contributed by atoms with Gasteiger partial charge in [0.2, 0.25) is 11.8 Å². The minimum Gasteiger partial charge on any atom is -0.481 e. The molecule has 2 aliphatic rings. The van der Waals surface area contributed by atoms with Gasteiger partial charge in [-0.1, -0.05) is 6.08 Å². The Morgan fingerprint density at radius 3 is 2.82 bits per heavy atom. The van der Waals surface area contributed by atoms with Crippen LogP contribution in [-0.2, 0) is 4.79 Å². The Hall–Kier alpha value is -3.13. The van der Waals surface area contributed by atoms with Gasteiger partial charge in [0.1, 0.15) is 5.69 Å². The summed E-state index contributed by atoms with van der Waals surface area (Å²) in [5, 5.41) is 0. The first kappa shape index (κ1) is 24.0. The van der Waals surface area contributed by atoms with Gasteiger partial charge in [-0.3, -0.25) is 9.59 Å². The van der Waals surface area contributed by atoms with Crippen LogP contribution < -0.4 is 15.2 Å². The van der Waals surface area contributed by atoms with Crippen LogP contribution in [0.25, 0.3) is 11.1 Å². The molecule has 1 atom stereocenters. The van der Waals surface area contributed by atoms with Crippen molar-refractivity contribution in [1.82, 2.24) is 19.8 Å². The number of likely N-dealkylation sites (tertiary alicyclic amines) is 1. The molecule has 0 aromatic carbocycles. The van der Waals surface area contributed by atoms with Crippen molar-refractivity contribution in [2.75, 3.05) is 52.3 Å². The number of H-pyrrole nitrogens is 1. The SMILES string of the molecule is COc1cc(-c2c[nH]c(=O)c(N(CC3CC3)C3CCCN(C(=O)C=CCN(C)C)C3)c2)ccn1. The maximum atomic E-state index is 13.0. The zero-order chi connectivity index (χ0) is 24.1. The average Bonchev–Trinajstić information content (AvgIpc) is 3.67. The molecule has 1 aliphatic heterocycles. The molecule has 1 saturated heterocycles. The van der Waals surface area contributed by atoms with Crippen molar-refractivity contribution in [3.63, 3.8) is 0 Å². The molecule has 8 nitrogen and oxygen atoms in total. The smallest absolute Gasteiger partial charge is 0.271 e. The molecule has 1 N–H and O–H groups in total. The summed E-state index contributed by atoms with van der Waals surface area (Å²) in [5.41, 5.74) is 2.41. The second-order valence-electron chi connectivity index (χ2n) is 9.53. The van der Waals surface area contributed by atoms with E-state index in [-0.39, 0.29) is 17.5 Å². The van der Waals surface area contributed by atoms with Crippen LogP contribution in [0.3, 0.4) is 0 Å². The number of likely N-dealkylation sites (N-methyl/N-ethyl adjacent to an activating group) is 1. The summed E-state index contributed by atoms with van der Waals surface area (Å²) in [6.07, 6.45) is 11.3. The molecule has 2 aromatic heterocycles. The molecule has 2 fully saturated rings. The lowest BCUT2D eigenvalue weighted by Gasteiger charge is -2.40. The topological polar surface area (TPSA) is 81.8 Å². The highest BCUT2D eigenvalue weighted by Crippen LogP contribution is 2.34. The Bertz CT molecular complexity index is 1080. The number of aromatic nitrogens is 2. The van der Waals surface area contributed by atoms with Crippen LogP contribution >= 0.6 is 0 Å². The Morgan fingerprint density at radius 1 is 1.26 bits per heavy atom. The number of carbonyl (C=O) groups is 1. The van der Waals surface area contributed by atoms with Crippen molar-refractivity contribution in [2.45, 2.75) is 31.7 Å². The summed E-state index contributed by atoms with van der Waals surface area (Å²) in [7, 11) is 5.55. The number of anilines is 1. The summed E-state index contributed by atoms with van der Waals surface area (Å²) in [6, 6.07) is 5.85. The number of aromatic amines is 1. The molecular weight excluding hydrogens is 430 g/mol. The highest BCUT2D eigenvalue weighted by atomic mass is 16.5. The van der Waals surface area contributed by atoms with E-state index in [4.69, 9.17) is 4.74 Å². The standard InChI is InChI=1S/C26H35N5O3/c1-29(2)12-5-7-25(32)30-13-4-6-22(18-30)31(17-19-8-9-19)23-14-21(16-28-26(23)33)20-10-11-27-24(15-20)34-3/h5,7,10-11,14-16,19,22H,4,6,8-9,12-13,17-18H2,1-3H3,(H,28,33). The molecule has 8 heteroatoms. The van der Waals surface area contributed by atoms with Gasteiger partial charge in [0.15, 0.2) is 0 Å². The quantitative estimate of drug-likeness (QED) is 0.574. The number of amides is 1. The van der Waals surface area contributed by atoms with Crippen molar-refractivity contribution in [1.29, 1.82) is 0 Å². The molecule has 34 heavy (non-hydrogen) atoms. The van der Waals surface area contributed by atoms with E-state index in [0.29, 0.717) is 24.0 Å². The number of carbonyl (C=O) groups excluding carboxylic acids is 1. The van der Waals surface area contributed by atoms with Gasteiger partial charge in [0.25, 0.3) is 5.56 Å². The summed E-state index contributed by atoms with van der Waals surface area (Å²) in [6.45, 7) is 2.96. The van der Waals surface area contributed by atoms with Gasteiger partial charge < -0.3 is 24.4 Å². The second-order valence-corrected chi connectivity index (χ2v) is 9.53. The Balaban J connectivity index is 1.58. The first-order chi connectivity index (χ1) is 16.4. The Morgan fingerprint density at radius 2 is 2.09 bits per heavy atom. The number of ether oxygens (including phenoxy) is 1. The first-order valence-electron chi connectivity index (χ1n) is 12.0. The van der Waals surface area contributed by atoms with Crippen molar-refractivity contribution in [3.8, 4) is 17.0 Å². The molecule has 1 unspecified atom stereocenters. The van der Waals surface area contributed by atoms with Crippen LogP contribution in [0.2, 0.25) is 0 Å². The van der Waals surface area contributed by atoms with Crippen LogP contribution in [-0.4, -0.2) is 79.1 Å². The third-order valence-corrected chi connectivity index (χ3v) is 6.50. The van der Waals surface area contributed by atoms with E-state index >= 15 is 0 Å². The molecule has 0 radical (unpaired) electrons. The number of nitrogens with one attached hydrogen (secondary N) is 1. The van der Waals surface area contributed by atoms with Gasteiger partial charge in [-0.15, -0.1) is 0 Å². The van der Waals surface area contributed by atoms with E-state index in [0.717, 1.165) is 43.6 Å². The Labute approximate surface area is 201 Å². The summed E-state index contributed by atoms with van der Waals surface area (Å²) in [5.74, 6) is 1.18. The van der Waals surface area contributed by atoms with E-state index in [2.05, 4.69) is 14.9 Å². The van der Waals surface area contributed by atoms with Gasteiger partial charge in [0.05, 0.1) is 7.11 Å². The Kier molecular flexibility index (Phi) is 7.67. The largest absolute Gasteiger partial charge is 0.481 e. The molecule has 3 heterocycles. The zero-order valence-corrected chi connectivity index (χ0v) is 20.4. The molecule has 1 amide bonds. The number of pyridine rings is 2. The highest BCUT2D eigenvalue weighted by molar-refractivity contribution is 5.87. The maximum absolute atomic E-state index is 13.0. The molecule has 4 rings (SSSR count). The number of methoxy groups -OCH3 is 1. The van der Waals surface area contributed by atoms with Gasteiger partial charge in [0, 0.05) is 62.3 Å². The van der Waals surface area contributed by atoms with Crippen LogP contribution in [0.1, 0.15) is 25.7 Å². The minimum absolute atomic E-state index is 0.0458. The minimum atomic E-state index is -0.0975. The third kappa shape index (κ3) is 6.05. The van der Waals surface area contributed by atoms with E-state index in [1.807, 2.05) is 48.2 Å². The molecule has 2 aromatic rings. The lowest BCUT2D eigenvalue weighted by atomic mass is 10.0. The van der Waals surface area contributed by atoms with Crippen LogP contribution in [0.5, 0.6) is 5.88 Å². The molecule has 0 spiro atoms. The molecule has 1 aliphatic carbocycles. The summed E-state index contributed by atoms with van der Waals surface area (Å²) in [4.78, 5) is 39.1. The van der Waals surface area contributed by atoms with Gasteiger partial charge in [-0.25, -0.2) is 4.98 Å². The van der Waals surface area contributed by atoms with Crippen molar-refractivity contribution in [3.05, 3.63) is 53.1 Å². The van der Waals surface area contributed by atoms with Gasteiger partial charge >= 0.3 is 0 Å². The van der Waals surface area contributed by atoms with Crippen molar-refractivity contribution >= 4 is 11.6 Å². The zero-order valence-electron chi connectivity index (χ0n) is 20.4. The predicted octanol–water partition coefficient (Wildman–Crippen LogP) is 2.77. The third-order valence-electron chi connectivity index (χ3n) is 6.50. The fourth-order valence-electron chi connectivity index (χ4n) is 4.45. The van der Waals surface area contributed by atoms with Crippen molar-refractivity contribution < 1.29 is 9.53 Å². The fraction of sp³-hybridized carbons (Fsp3) is 0.500. The molecular formula is C26H35N5O3. The van der Waals surface area contributed by atoms with Crippen LogP contribution in [0, 0.1) is 5.92 Å². The second kappa shape index (κ2) is 10.9. The van der Waals surface area contributed by atoms with Crippen LogP contribution in [0.15, 0.2) is 47.5 Å². The number of hydrogen-bond donors (Lipinski definition) is 1. The lowest BCUT2D eigenvalue weighted by molar-refractivity contribution is -0.127.